The molecule has 1 saturated heterocycles. The predicted molar refractivity (Wildman–Crippen MR) is 78.3 cm³/mol. The highest BCUT2D eigenvalue weighted by Gasteiger charge is 2.19. The molecule has 2 heterocycles. The Bertz CT molecular complexity index is 587. The third-order valence-corrected chi connectivity index (χ3v) is 4.09. The summed E-state index contributed by atoms with van der Waals surface area (Å²) in [4.78, 5) is 7.05. The minimum atomic E-state index is 0.433. The molecule has 0 spiro atoms. The second-order valence-corrected chi connectivity index (χ2v) is 5.46. The van der Waals surface area contributed by atoms with Gasteiger partial charge in [-0.2, -0.15) is 0 Å². The van der Waals surface area contributed by atoms with Gasteiger partial charge in [-0.05, 0) is 24.7 Å². The zero-order valence-corrected chi connectivity index (χ0v) is 12.0. The van der Waals surface area contributed by atoms with Gasteiger partial charge in [0.15, 0.2) is 0 Å². The van der Waals surface area contributed by atoms with E-state index in [1.54, 1.807) is 0 Å². The van der Waals surface area contributed by atoms with Gasteiger partial charge < -0.3 is 14.8 Å². The molecule has 1 aliphatic rings. The van der Waals surface area contributed by atoms with Gasteiger partial charge in [0.1, 0.15) is 5.82 Å². The highest BCUT2D eigenvalue weighted by molar-refractivity contribution is 5.77. The summed E-state index contributed by atoms with van der Waals surface area (Å²) in [5.74, 6) is 1.15. The molecule has 3 rings (SSSR count). The van der Waals surface area contributed by atoms with Gasteiger partial charge in [-0.3, -0.25) is 0 Å². The van der Waals surface area contributed by atoms with Crippen LogP contribution in [0.2, 0.25) is 0 Å². The number of benzene rings is 1. The maximum absolute atomic E-state index is 4.66. The van der Waals surface area contributed by atoms with Crippen molar-refractivity contribution in [3.8, 4) is 0 Å². The van der Waals surface area contributed by atoms with Crippen molar-refractivity contribution >= 4 is 11.0 Å². The molecular formula is C15H22N4. The molecule has 4 heteroatoms. The van der Waals surface area contributed by atoms with E-state index in [4.69, 9.17) is 0 Å². The minimum Gasteiger partial charge on any atom is -0.331 e. The van der Waals surface area contributed by atoms with Crippen molar-refractivity contribution in [1.82, 2.24) is 19.8 Å². The summed E-state index contributed by atoms with van der Waals surface area (Å²) < 4.78 is 2.21. The zero-order chi connectivity index (χ0) is 13.4. The second-order valence-electron chi connectivity index (χ2n) is 5.46. The molecular weight excluding hydrogens is 236 g/mol. The molecule has 1 aromatic carbocycles. The molecule has 0 saturated carbocycles. The quantitative estimate of drug-likeness (QED) is 0.890. The summed E-state index contributed by atoms with van der Waals surface area (Å²) in [6.07, 6.45) is 0.977. The highest BCUT2D eigenvalue weighted by atomic mass is 15.2. The topological polar surface area (TPSA) is 33.1 Å². The Kier molecular flexibility index (Phi) is 3.29. The van der Waals surface area contributed by atoms with E-state index in [2.05, 4.69) is 59.0 Å². The van der Waals surface area contributed by atoms with Crippen LogP contribution in [0.1, 0.15) is 24.4 Å². The summed E-state index contributed by atoms with van der Waals surface area (Å²) in [5.41, 5.74) is 3.71. The van der Waals surface area contributed by atoms with Crippen LogP contribution >= 0.6 is 0 Å². The smallest absolute Gasteiger partial charge is 0.109 e. The number of piperazine rings is 1. The van der Waals surface area contributed by atoms with E-state index in [0.717, 1.165) is 37.4 Å². The standard InChI is InChI=1S/C15H22N4/c1-4-15-17-12-6-5-11(9-14(12)19(15)3)13-10-18(2)8-7-16-13/h5-6,9,13,16H,4,7-8,10H2,1-3H3. The lowest BCUT2D eigenvalue weighted by atomic mass is 10.0. The molecule has 1 fully saturated rings. The van der Waals surface area contributed by atoms with E-state index in [0.29, 0.717) is 6.04 Å². The lowest BCUT2D eigenvalue weighted by molar-refractivity contribution is 0.241. The van der Waals surface area contributed by atoms with Crippen LogP contribution in [-0.4, -0.2) is 41.1 Å². The number of hydrogen-bond acceptors (Lipinski definition) is 3. The molecule has 0 radical (unpaired) electrons. The van der Waals surface area contributed by atoms with Gasteiger partial charge in [-0.15, -0.1) is 0 Å². The van der Waals surface area contributed by atoms with Gasteiger partial charge >= 0.3 is 0 Å². The number of aromatic nitrogens is 2. The summed E-state index contributed by atoms with van der Waals surface area (Å²) in [6.45, 7) is 5.42. The Morgan fingerprint density at radius 3 is 2.95 bits per heavy atom. The van der Waals surface area contributed by atoms with E-state index in [9.17, 15) is 0 Å². The van der Waals surface area contributed by atoms with Crippen LogP contribution in [0, 0.1) is 0 Å². The van der Waals surface area contributed by atoms with Crippen LogP contribution in [0.15, 0.2) is 18.2 Å². The summed E-state index contributed by atoms with van der Waals surface area (Å²) in [6, 6.07) is 7.09. The number of aryl methyl sites for hydroxylation is 2. The van der Waals surface area contributed by atoms with Crippen molar-refractivity contribution in [2.75, 3.05) is 26.7 Å². The maximum Gasteiger partial charge on any atom is 0.109 e. The Hall–Kier alpha value is -1.39. The molecule has 1 N–H and O–H groups in total. The molecule has 0 bridgehead atoms. The van der Waals surface area contributed by atoms with E-state index in [1.807, 2.05) is 0 Å². The molecule has 1 aromatic heterocycles. The van der Waals surface area contributed by atoms with Crippen molar-refractivity contribution in [3.63, 3.8) is 0 Å². The summed E-state index contributed by atoms with van der Waals surface area (Å²) >= 11 is 0. The average molecular weight is 258 g/mol. The molecule has 4 nitrogen and oxygen atoms in total. The normalized spacial score (nSPS) is 21.1. The maximum atomic E-state index is 4.66. The van der Waals surface area contributed by atoms with Crippen molar-refractivity contribution in [2.24, 2.45) is 7.05 Å². The first-order valence-electron chi connectivity index (χ1n) is 7.06. The van der Waals surface area contributed by atoms with Crippen LogP contribution in [0.4, 0.5) is 0 Å². The Morgan fingerprint density at radius 2 is 2.21 bits per heavy atom. The first-order valence-corrected chi connectivity index (χ1v) is 7.06. The first-order chi connectivity index (χ1) is 9.19. The Morgan fingerprint density at radius 1 is 1.37 bits per heavy atom. The number of likely N-dealkylation sites (N-methyl/N-ethyl adjacent to an activating group) is 1. The number of nitrogens with zero attached hydrogens (tertiary/aromatic N) is 3. The lowest BCUT2D eigenvalue weighted by Crippen LogP contribution is -2.43. The van der Waals surface area contributed by atoms with E-state index in [-0.39, 0.29) is 0 Å². The number of nitrogens with one attached hydrogen (secondary N) is 1. The number of fused-ring (bicyclic) bond motifs is 1. The molecule has 0 aliphatic carbocycles. The fraction of sp³-hybridized carbons (Fsp3) is 0.533. The van der Waals surface area contributed by atoms with E-state index < -0.39 is 0 Å². The summed E-state index contributed by atoms with van der Waals surface area (Å²) in [5, 5.41) is 3.60. The SMILES string of the molecule is CCc1nc2ccc(C3CN(C)CCN3)cc2n1C. The van der Waals surface area contributed by atoms with Crippen LogP contribution in [-0.2, 0) is 13.5 Å². The molecule has 1 aliphatic heterocycles. The monoisotopic (exact) mass is 258 g/mol. The minimum absolute atomic E-state index is 0.433. The van der Waals surface area contributed by atoms with Crippen LogP contribution in [0.25, 0.3) is 11.0 Å². The van der Waals surface area contributed by atoms with Crippen LogP contribution < -0.4 is 5.32 Å². The Balaban J connectivity index is 1.98. The molecule has 102 valence electrons. The predicted octanol–water partition coefficient (Wildman–Crippen LogP) is 1.71. The van der Waals surface area contributed by atoms with E-state index in [1.165, 1.54) is 11.1 Å². The van der Waals surface area contributed by atoms with Gasteiger partial charge in [0.25, 0.3) is 0 Å². The van der Waals surface area contributed by atoms with Gasteiger partial charge in [0.05, 0.1) is 11.0 Å². The van der Waals surface area contributed by atoms with E-state index >= 15 is 0 Å². The molecule has 0 amide bonds. The fourth-order valence-electron chi connectivity index (χ4n) is 2.91. The second kappa shape index (κ2) is 4.94. The van der Waals surface area contributed by atoms with Crippen molar-refractivity contribution in [1.29, 1.82) is 0 Å². The van der Waals surface area contributed by atoms with Crippen molar-refractivity contribution < 1.29 is 0 Å². The van der Waals surface area contributed by atoms with Gasteiger partial charge in [0, 0.05) is 39.1 Å². The van der Waals surface area contributed by atoms with Crippen molar-refractivity contribution in [2.45, 2.75) is 19.4 Å². The fourth-order valence-corrected chi connectivity index (χ4v) is 2.91. The molecule has 1 unspecified atom stereocenters. The lowest BCUT2D eigenvalue weighted by Gasteiger charge is -2.31. The van der Waals surface area contributed by atoms with Gasteiger partial charge in [0.2, 0.25) is 0 Å². The average Bonchev–Trinajstić information content (AvgIpc) is 2.75. The van der Waals surface area contributed by atoms with Gasteiger partial charge in [-0.1, -0.05) is 13.0 Å². The highest BCUT2D eigenvalue weighted by Crippen LogP contribution is 2.22. The number of hydrogen-bond donors (Lipinski definition) is 1. The van der Waals surface area contributed by atoms with Crippen LogP contribution in [0.3, 0.4) is 0 Å². The molecule has 1 atom stereocenters. The zero-order valence-electron chi connectivity index (χ0n) is 12.0. The first kappa shape index (κ1) is 12.6. The van der Waals surface area contributed by atoms with Crippen molar-refractivity contribution in [3.05, 3.63) is 29.6 Å². The van der Waals surface area contributed by atoms with Gasteiger partial charge in [-0.25, -0.2) is 4.98 Å². The third kappa shape index (κ3) is 2.26. The largest absolute Gasteiger partial charge is 0.331 e. The molecule has 19 heavy (non-hydrogen) atoms. The molecule has 2 aromatic rings. The third-order valence-electron chi connectivity index (χ3n) is 4.09. The summed E-state index contributed by atoms with van der Waals surface area (Å²) in [7, 11) is 4.30. The Labute approximate surface area is 114 Å². The number of rotatable bonds is 2. The number of imidazole rings is 1. The van der Waals surface area contributed by atoms with Crippen LogP contribution in [0.5, 0.6) is 0 Å².